The van der Waals surface area contributed by atoms with E-state index in [1.165, 1.54) is 0 Å². The average Bonchev–Trinajstić information content (AvgIpc) is 2.61. The molecule has 0 saturated carbocycles. The van der Waals surface area contributed by atoms with E-state index in [4.69, 9.17) is 4.74 Å². The summed E-state index contributed by atoms with van der Waals surface area (Å²) in [7, 11) is 1.82. The summed E-state index contributed by atoms with van der Waals surface area (Å²) in [5, 5.41) is 3.17. The Hall–Kier alpha value is -2.49. The van der Waals surface area contributed by atoms with Gasteiger partial charge < -0.3 is 15.0 Å². The van der Waals surface area contributed by atoms with Gasteiger partial charge in [-0.05, 0) is 42.2 Å². The summed E-state index contributed by atoms with van der Waals surface area (Å²) in [6.07, 6.45) is 1.04. The summed E-state index contributed by atoms with van der Waals surface area (Å²) in [4.78, 5) is 14.0. The Bertz CT molecular complexity index is 639. The zero-order chi connectivity index (χ0) is 18.1. The van der Waals surface area contributed by atoms with E-state index in [0.29, 0.717) is 12.5 Å². The maximum absolute atomic E-state index is 12.2. The van der Waals surface area contributed by atoms with Crippen LogP contribution in [0.5, 0.6) is 5.75 Å². The fourth-order valence-corrected chi connectivity index (χ4v) is 2.34. The number of rotatable bonds is 9. The zero-order valence-electron chi connectivity index (χ0n) is 15.4. The van der Waals surface area contributed by atoms with Gasteiger partial charge in [0, 0.05) is 19.3 Å². The van der Waals surface area contributed by atoms with E-state index < -0.39 is 0 Å². The number of carbonyl (C=O) groups excluding carboxylic acids is 1. The van der Waals surface area contributed by atoms with Crippen LogP contribution >= 0.6 is 0 Å². The Kier molecular flexibility index (Phi) is 7.33. The van der Waals surface area contributed by atoms with Crippen LogP contribution in [0, 0.1) is 5.92 Å². The third-order valence-corrected chi connectivity index (χ3v) is 3.95. The van der Waals surface area contributed by atoms with Crippen molar-refractivity contribution in [1.82, 2.24) is 4.90 Å². The Labute approximate surface area is 150 Å². The molecule has 0 aliphatic heterocycles. The molecule has 1 amide bonds. The molecule has 134 valence electrons. The van der Waals surface area contributed by atoms with E-state index in [0.717, 1.165) is 30.0 Å². The molecule has 0 fully saturated rings. The molecule has 0 aliphatic carbocycles. The van der Waals surface area contributed by atoms with Gasteiger partial charge in [0.25, 0.3) is 0 Å². The number of likely N-dealkylation sites (N-methyl/N-ethyl adjacent to an activating group) is 1. The second kappa shape index (κ2) is 9.72. The van der Waals surface area contributed by atoms with Gasteiger partial charge in [-0.15, -0.1) is 0 Å². The summed E-state index contributed by atoms with van der Waals surface area (Å²) in [5.41, 5.74) is 2.04. The topological polar surface area (TPSA) is 41.6 Å². The number of hydrogen-bond acceptors (Lipinski definition) is 3. The Morgan fingerprint density at radius 3 is 2.40 bits per heavy atom. The molecular weight excluding hydrogens is 312 g/mol. The SMILES string of the molecule is CC(C)CCOc1ccc(NCC(=O)N(C)Cc2ccccc2)cc1. The van der Waals surface area contributed by atoms with Crippen LogP contribution in [0.15, 0.2) is 54.6 Å². The highest BCUT2D eigenvalue weighted by Gasteiger charge is 2.09. The number of amides is 1. The first-order valence-electron chi connectivity index (χ1n) is 8.79. The van der Waals surface area contributed by atoms with Crippen molar-refractivity contribution < 1.29 is 9.53 Å². The molecule has 0 spiro atoms. The van der Waals surface area contributed by atoms with E-state index in [-0.39, 0.29) is 12.5 Å². The monoisotopic (exact) mass is 340 g/mol. The molecule has 4 nitrogen and oxygen atoms in total. The largest absolute Gasteiger partial charge is 0.494 e. The van der Waals surface area contributed by atoms with Crippen molar-refractivity contribution in [2.75, 3.05) is 25.5 Å². The van der Waals surface area contributed by atoms with Crippen molar-refractivity contribution in [1.29, 1.82) is 0 Å². The Balaban J connectivity index is 1.75. The van der Waals surface area contributed by atoms with Gasteiger partial charge in [0.2, 0.25) is 5.91 Å². The smallest absolute Gasteiger partial charge is 0.241 e. The minimum absolute atomic E-state index is 0.0566. The average molecular weight is 340 g/mol. The number of hydrogen-bond donors (Lipinski definition) is 1. The molecule has 25 heavy (non-hydrogen) atoms. The number of anilines is 1. The summed E-state index contributed by atoms with van der Waals surface area (Å²) in [6, 6.07) is 17.7. The van der Waals surface area contributed by atoms with E-state index in [9.17, 15) is 4.79 Å². The first-order valence-corrected chi connectivity index (χ1v) is 8.79. The molecule has 0 saturated heterocycles. The standard InChI is InChI=1S/C21H28N2O2/c1-17(2)13-14-25-20-11-9-19(10-12-20)22-15-21(24)23(3)16-18-7-5-4-6-8-18/h4-12,17,22H,13-16H2,1-3H3. The second-order valence-electron chi connectivity index (χ2n) is 6.64. The van der Waals surface area contributed by atoms with E-state index in [2.05, 4.69) is 19.2 Å². The quantitative estimate of drug-likeness (QED) is 0.744. The van der Waals surface area contributed by atoms with Crippen molar-refractivity contribution in [3.05, 3.63) is 60.2 Å². The van der Waals surface area contributed by atoms with Gasteiger partial charge in [-0.2, -0.15) is 0 Å². The van der Waals surface area contributed by atoms with Crippen molar-refractivity contribution in [2.24, 2.45) is 5.92 Å². The van der Waals surface area contributed by atoms with Crippen LogP contribution in [0.3, 0.4) is 0 Å². The number of ether oxygens (including phenoxy) is 1. The minimum atomic E-state index is 0.0566. The molecular formula is C21H28N2O2. The first kappa shape index (κ1) is 18.8. The van der Waals surface area contributed by atoms with Gasteiger partial charge in [-0.25, -0.2) is 0 Å². The zero-order valence-corrected chi connectivity index (χ0v) is 15.4. The van der Waals surface area contributed by atoms with Gasteiger partial charge in [-0.3, -0.25) is 4.79 Å². The lowest BCUT2D eigenvalue weighted by Crippen LogP contribution is -2.31. The minimum Gasteiger partial charge on any atom is -0.494 e. The summed E-state index contributed by atoms with van der Waals surface area (Å²) >= 11 is 0. The van der Waals surface area contributed by atoms with Gasteiger partial charge in [0.1, 0.15) is 5.75 Å². The first-order chi connectivity index (χ1) is 12.0. The number of nitrogens with zero attached hydrogens (tertiary/aromatic N) is 1. The Morgan fingerprint density at radius 1 is 1.08 bits per heavy atom. The van der Waals surface area contributed by atoms with Crippen LogP contribution in [0.2, 0.25) is 0 Å². The molecule has 2 aromatic rings. The van der Waals surface area contributed by atoms with Gasteiger partial charge in [0.05, 0.1) is 13.2 Å². The molecule has 0 aliphatic rings. The number of nitrogens with one attached hydrogen (secondary N) is 1. The van der Waals surface area contributed by atoms with E-state index in [1.807, 2.05) is 61.6 Å². The number of benzene rings is 2. The van der Waals surface area contributed by atoms with Crippen molar-refractivity contribution in [2.45, 2.75) is 26.8 Å². The highest BCUT2D eigenvalue weighted by atomic mass is 16.5. The number of carbonyl (C=O) groups is 1. The van der Waals surface area contributed by atoms with E-state index in [1.54, 1.807) is 4.90 Å². The Morgan fingerprint density at radius 2 is 1.76 bits per heavy atom. The fraction of sp³-hybridized carbons (Fsp3) is 0.381. The van der Waals surface area contributed by atoms with E-state index >= 15 is 0 Å². The van der Waals surface area contributed by atoms with Crippen LogP contribution in [-0.4, -0.2) is 31.0 Å². The molecule has 2 rings (SSSR count). The summed E-state index contributed by atoms with van der Waals surface area (Å²) < 4.78 is 5.70. The maximum Gasteiger partial charge on any atom is 0.241 e. The molecule has 0 atom stereocenters. The highest BCUT2D eigenvalue weighted by molar-refractivity contribution is 5.80. The lowest BCUT2D eigenvalue weighted by atomic mass is 10.1. The molecule has 0 aromatic heterocycles. The van der Waals surface area contributed by atoms with Crippen LogP contribution in [-0.2, 0) is 11.3 Å². The van der Waals surface area contributed by atoms with Crippen LogP contribution in [0.25, 0.3) is 0 Å². The van der Waals surface area contributed by atoms with Gasteiger partial charge >= 0.3 is 0 Å². The predicted octanol–water partition coefficient (Wildman–Crippen LogP) is 4.18. The third kappa shape index (κ3) is 6.87. The molecule has 1 N–H and O–H groups in total. The molecule has 4 heteroatoms. The summed E-state index contributed by atoms with van der Waals surface area (Å²) in [5.74, 6) is 1.56. The lowest BCUT2D eigenvalue weighted by molar-refractivity contribution is -0.128. The van der Waals surface area contributed by atoms with Gasteiger partial charge in [0.15, 0.2) is 0 Å². The molecule has 0 bridgehead atoms. The maximum atomic E-state index is 12.2. The second-order valence-corrected chi connectivity index (χ2v) is 6.64. The summed E-state index contributed by atoms with van der Waals surface area (Å²) in [6.45, 7) is 5.98. The third-order valence-electron chi connectivity index (χ3n) is 3.95. The fourth-order valence-electron chi connectivity index (χ4n) is 2.34. The molecule has 0 unspecified atom stereocenters. The van der Waals surface area contributed by atoms with Crippen molar-refractivity contribution in [3.8, 4) is 5.75 Å². The van der Waals surface area contributed by atoms with Crippen LogP contribution < -0.4 is 10.1 Å². The van der Waals surface area contributed by atoms with Crippen molar-refractivity contribution in [3.63, 3.8) is 0 Å². The molecule has 2 aromatic carbocycles. The predicted molar refractivity (Wildman–Crippen MR) is 103 cm³/mol. The van der Waals surface area contributed by atoms with Gasteiger partial charge in [-0.1, -0.05) is 44.2 Å². The van der Waals surface area contributed by atoms with Crippen LogP contribution in [0.1, 0.15) is 25.8 Å². The molecule has 0 heterocycles. The van der Waals surface area contributed by atoms with Crippen molar-refractivity contribution >= 4 is 11.6 Å². The van der Waals surface area contributed by atoms with Crippen LogP contribution in [0.4, 0.5) is 5.69 Å². The normalized spacial score (nSPS) is 10.6. The highest BCUT2D eigenvalue weighted by Crippen LogP contribution is 2.16. The molecule has 0 radical (unpaired) electrons. The lowest BCUT2D eigenvalue weighted by Gasteiger charge is -2.18.